The van der Waals surface area contributed by atoms with E-state index in [1.165, 1.54) is 4.90 Å². The molecule has 1 aromatic carbocycles. The van der Waals surface area contributed by atoms with Gasteiger partial charge in [-0.3, -0.25) is 9.78 Å². The van der Waals surface area contributed by atoms with Crippen LogP contribution in [0.25, 0.3) is 0 Å². The van der Waals surface area contributed by atoms with E-state index in [0.29, 0.717) is 22.0 Å². The van der Waals surface area contributed by atoms with Gasteiger partial charge in [0, 0.05) is 23.8 Å². The lowest BCUT2D eigenvalue weighted by Gasteiger charge is -2.21. The molecule has 1 N–H and O–H groups in total. The highest BCUT2D eigenvalue weighted by atomic mass is 35.5. The molecule has 0 bridgehead atoms. The Morgan fingerprint density at radius 1 is 1.32 bits per heavy atom. The van der Waals surface area contributed by atoms with Gasteiger partial charge >= 0.3 is 0 Å². The van der Waals surface area contributed by atoms with E-state index in [0.717, 1.165) is 0 Å². The first kappa shape index (κ1) is 12.1. The van der Waals surface area contributed by atoms with Crippen LogP contribution in [0.2, 0.25) is 5.02 Å². The van der Waals surface area contributed by atoms with Crippen LogP contribution in [-0.4, -0.2) is 23.0 Å². The largest absolute Gasteiger partial charge is 0.370 e. The average molecular weight is 275 g/mol. The van der Waals surface area contributed by atoms with Crippen molar-refractivity contribution in [3.05, 3.63) is 58.9 Å². The molecule has 0 fully saturated rings. The van der Waals surface area contributed by atoms with Crippen LogP contribution < -0.4 is 4.90 Å². The molecule has 96 valence electrons. The van der Waals surface area contributed by atoms with Crippen LogP contribution in [0.15, 0.2) is 42.6 Å². The van der Waals surface area contributed by atoms with Gasteiger partial charge < -0.3 is 10.0 Å². The molecule has 1 aromatic heterocycles. The highest BCUT2D eigenvalue weighted by Gasteiger charge is 2.51. The summed E-state index contributed by atoms with van der Waals surface area (Å²) >= 11 is 5.94. The van der Waals surface area contributed by atoms with Crippen molar-refractivity contribution in [3.63, 3.8) is 0 Å². The smallest absolute Gasteiger partial charge is 0.269 e. The van der Waals surface area contributed by atoms with Crippen molar-refractivity contribution in [3.8, 4) is 0 Å². The number of amides is 1. The number of hydrogen-bond acceptors (Lipinski definition) is 3. The predicted molar refractivity (Wildman–Crippen MR) is 72.1 cm³/mol. The summed E-state index contributed by atoms with van der Waals surface area (Å²) in [5.74, 6) is -0.427. The van der Waals surface area contributed by atoms with Gasteiger partial charge in [-0.05, 0) is 24.3 Å². The Labute approximate surface area is 115 Å². The third-order valence-electron chi connectivity index (χ3n) is 3.35. The summed E-state index contributed by atoms with van der Waals surface area (Å²) in [6, 6.07) is 10.1. The number of anilines is 1. The Balaban J connectivity index is 2.27. The lowest BCUT2D eigenvalue weighted by atomic mass is 9.91. The van der Waals surface area contributed by atoms with Crippen molar-refractivity contribution >= 4 is 23.2 Å². The van der Waals surface area contributed by atoms with Crippen molar-refractivity contribution in [2.75, 3.05) is 11.9 Å². The van der Waals surface area contributed by atoms with Crippen LogP contribution in [-0.2, 0) is 10.4 Å². The Kier molecular flexibility index (Phi) is 2.59. The van der Waals surface area contributed by atoms with Gasteiger partial charge in [-0.15, -0.1) is 0 Å². The van der Waals surface area contributed by atoms with E-state index in [1.807, 2.05) is 0 Å². The van der Waals surface area contributed by atoms with E-state index in [-0.39, 0.29) is 0 Å². The summed E-state index contributed by atoms with van der Waals surface area (Å²) in [6.07, 6.45) is 1.56. The summed E-state index contributed by atoms with van der Waals surface area (Å²) in [7, 11) is 1.62. The number of pyridine rings is 1. The van der Waals surface area contributed by atoms with Gasteiger partial charge in [-0.1, -0.05) is 23.7 Å². The molecule has 3 rings (SSSR count). The minimum absolute atomic E-state index is 0.338. The number of fused-ring (bicyclic) bond motifs is 1. The Bertz CT molecular complexity index is 674. The molecule has 19 heavy (non-hydrogen) atoms. The van der Waals surface area contributed by atoms with Gasteiger partial charge in [0.15, 0.2) is 0 Å². The molecular weight excluding hydrogens is 264 g/mol. The minimum Gasteiger partial charge on any atom is -0.370 e. The first-order valence-corrected chi connectivity index (χ1v) is 6.15. The van der Waals surface area contributed by atoms with Crippen LogP contribution >= 0.6 is 11.6 Å². The highest BCUT2D eigenvalue weighted by molar-refractivity contribution is 6.30. The van der Waals surface area contributed by atoms with Gasteiger partial charge in [0.25, 0.3) is 5.91 Å². The molecule has 2 aromatic rings. The zero-order chi connectivity index (χ0) is 13.6. The number of hydrogen-bond donors (Lipinski definition) is 1. The minimum atomic E-state index is -1.77. The number of aliphatic hydroxyl groups is 1. The van der Waals surface area contributed by atoms with Crippen molar-refractivity contribution in [1.82, 2.24) is 4.98 Å². The maximum absolute atomic E-state index is 12.4. The molecule has 1 aliphatic heterocycles. The quantitative estimate of drug-likeness (QED) is 0.865. The van der Waals surface area contributed by atoms with Crippen LogP contribution in [0.3, 0.4) is 0 Å². The third kappa shape index (κ3) is 1.57. The molecule has 4 nitrogen and oxygen atoms in total. The summed E-state index contributed by atoms with van der Waals surface area (Å²) in [4.78, 5) is 18.0. The SMILES string of the molecule is CN1C(=O)[C@](O)(c2cccc(Cl)c2)c2ncccc21. The number of likely N-dealkylation sites (N-methyl/N-ethyl adjacent to an activating group) is 1. The molecule has 0 unspecified atom stereocenters. The van der Waals surface area contributed by atoms with Crippen molar-refractivity contribution in [2.24, 2.45) is 0 Å². The molecular formula is C14H11ClN2O2. The monoisotopic (exact) mass is 274 g/mol. The van der Waals surface area contributed by atoms with Gasteiger partial charge in [0.1, 0.15) is 5.69 Å². The number of rotatable bonds is 1. The number of carbonyl (C=O) groups excluding carboxylic acids is 1. The standard InChI is InChI=1S/C14H11ClN2O2/c1-17-11-6-3-7-16-12(11)14(19,13(17)18)9-4-2-5-10(15)8-9/h2-8,19H,1H3/t14-/m0/s1. The molecule has 0 aliphatic carbocycles. The van der Waals surface area contributed by atoms with Crippen molar-refractivity contribution in [1.29, 1.82) is 0 Å². The van der Waals surface area contributed by atoms with Crippen LogP contribution in [0.4, 0.5) is 5.69 Å². The number of carbonyl (C=O) groups is 1. The molecule has 0 radical (unpaired) electrons. The fraction of sp³-hybridized carbons (Fsp3) is 0.143. The van der Waals surface area contributed by atoms with E-state index in [9.17, 15) is 9.90 Å². The highest BCUT2D eigenvalue weighted by Crippen LogP contribution is 2.42. The summed E-state index contributed by atoms with van der Waals surface area (Å²) in [5.41, 5.74) is -0.398. The van der Waals surface area contributed by atoms with E-state index < -0.39 is 11.5 Å². The van der Waals surface area contributed by atoms with Crippen LogP contribution in [0.1, 0.15) is 11.3 Å². The van der Waals surface area contributed by atoms with E-state index in [2.05, 4.69) is 4.98 Å². The molecule has 0 saturated carbocycles. The van der Waals surface area contributed by atoms with Gasteiger partial charge in [-0.2, -0.15) is 0 Å². The topological polar surface area (TPSA) is 53.4 Å². The Morgan fingerprint density at radius 2 is 2.11 bits per heavy atom. The van der Waals surface area contributed by atoms with Gasteiger partial charge in [0.05, 0.1) is 5.69 Å². The molecule has 1 amide bonds. The zero-order valence-corrected chi connectivity index (χ0v) is 10.9. The zero-order valence-electron chi connectivity index (χ0n) is 10.2. The second kappa shape index (κ2) is 4.05. The second-order valence-electron chi connectivity index (χ2n) is 4.46. The maximum Gasteiger partial charge on any atom is 0.269 e. The van der Waals surface area contributed by atoms with Crippen LogP contribution in [0, 0.1) is 0 Å². The maximum atomic E-state index is 12.4. The fourth-order valence-electron chi connectivity index (χ4n) is 2.37. The average Bonchev–Trinajstić information content (AvgIpc) is 2.63. The number of halogens is 1. The molecule has 1 atom stereocenters. The first-order valence-electron chi connectivity index (χ1n) is 5.77. The molecule has 2 heterocycles. The molecule has 0 saturated heterocycles. The fourth-order valence-corrected chi connectivity index (χ4v) is 2.56. The van der Waals surface area contributed by atoms with Gasteiger partial charge in [-0.25, -0.2) is 0 Å². The van der Waals surface area contributed by atoms with Crippen molar-refractivity contribution in [2.45, 2.75) is 5.60 Å². The lowest BCUT2D eigenvalue weighted by molar-refractivity contribution is -0.132. The lowest BCUT2D eigenvalue weighted by Crippen LogP contribution is -2.39. The van der Waals surface area contributed by atoms with E-state index in [1.54, 1.807) is 49.6 Å². The second-order valence-corrected chi connectivity index (χ2v) is 4.89. The normalized spacial score (nSPS) is 21.6. The summed E-state index contributed by atoms with van der Waals surface area (Å²) < 4.78 is 0. The van der Waals surface area contributed by atoms with Crippen LogP contribution in [0.5, 0.6) is 0 Å². The number of nitrogens with zero attached hydrogens (tertiary/aromatic N) is 2. The first-order chi connectivity index (χ1) is 9.05. The molecule has 0 spiro atoms. The van der Waals surface area contributed by atoms with Gasteiger partial charge in [0.2, 0.25) is 5.60 Å². The van der Waals surface area contributed by atoms with E-state index in [4.69, 9.17) is 11.6 Å². The molecule has 5 heteroatoms. The number of aromatic nitrogens is 1. The predicted octanol–water partition coefficient (Wildman–Crippen LogP) is 1.95. The van der Waals surface area contributed by atoms with Crippen molar-refractivity contribution < 1.29 is 9.90 Å². The summed E-state index contributed by atoms with van der Waals surface area (Å²) in [6.45, 7) is 0. The third-order valence-corrected chi connectivity index (χ3v) is 3.58. The summed E-state index contributed by atoms with van der Waals surface area (Å²) in [5, 5.41) is 11.3. The Hall–Kier alpha value is -1.91. The molecule has 1 aliphatic rings. The number of benzene rings is 1. The van der Waals surface area contributed by atoms with E-state index >= 15 is 0 Å². The Morgan fingerprint density at radius 3 is 2.84 bits per heavy atom.